The van der Waals surface area contributed by atoms with Gasteiger partial charge in [0.25, 0.3) is 0 Å². The summed E-state index contributed by atoms with van der Waals surface area (Å²) >= 11 is 0. The first-order valence-electron chi connectivity index (χ1n) is 10.3. The zero-order valence-electron chi connectivity index (χ0n) is 17.0. The fourth-order valence-corrected chi connectivity index (χ4v) is 3.32. The number of carbonyl (C=O) groups excluding carboxylic acids is 2. The van der Waals surface area contributed by atoms with E-state index in [0.29, 0.717) is 26.1 Å². The number of unbranched alkanes of at least 4 members (excludes halogenated alkanes) is 1. The number of nitrogens with one attached hydrogen (secondary N) is 4. The highest BCUT2D eigenvalue weighted by Crippen LogP contribution is 2.19. The van der Waals surface area contributed by atoms with Gasteiger partial charge in [0, 0.05) is 36.6 Å². The standard InChI is InChI=1S/C23H29N5O2/c24-12-6-7-13-25-22(29)21(14-18-16-26-20-11-5-4-10-19(18)20)28-23(30)27-15-17-8-2-1-3-9-17/h1-5,8-11,16,21,26H,6-7,12-15,24H2,(H,25,29)(H2,27,28,30)/t21-/m0/s1. The van der Waals surface area contributed by atoms with Crippen LogP contribution in [0, 0.1) is 0 Å². The van der Waals surface area contributed by atoms with E-state index in [-0.39, 0.29) is 11.9 Å². The summed E-state index contributed by atoms with van der Waals surface area (Å²) in [6.07, 6.45) is 3.94. The van der Waals surface area contributed by atoms with Crippen molar-refractivity contribution in [3.63, 3.8) is 0 Å². The van der Waals surface area contributed by atoms with E-state index in [1.807, 2.05) is 60.8 Å². The molecular weight excluding hydrogens is 378 g/mol. The predicted octanol–water partition coefficient (Wildman–Crippen LogP) is 2.43. The molecule has 7 nitrogen and oxygen atoms in total. The number of H-pyrrole nitrogens is 1. The Morgan fingerprint density at radius 3 is 2.53 bits per heavy atom. The molecule has 0 fully saturated rings. The van der Waals surface area contributed by atoms with E-state index in [0.717, 1.165) is 34.9 Å². The van der Waals surface area contributed by atoms with Crippen LogP contribution in [0.5, 0.6) is 0 Å². The summed E-state index contributed by atoms with van der Waals surface area (Å²) in [6, 6.07) is 16.5. The van der Waals surface area contributed by atoms with Gasteiger partial charge < -0.3 is 26.7 Å². The normalized spacial score (nSPS) is 11.8. The average Bonchev–Trinajstić information content (AvgIpc) is 3.18. The Balaban J connectivity index is 1.65. The van der Waals surface area contributed by atoms with Crippen LogP contribution in [-0.2, 0) is 17.8 Å². The Kier molecular flexibility index (Phi) is 7.86. The molecule has 0 radical (unpaired) electrons. The van der Waals surface area contributed by atoms with Crippen molar-refractivity contribution in [2.45, 2.75) is 31.8 Å². The van der Waals surface area contributed by atoms with Gasteiger partial charge in [0.05, 0.1) is 0 Å². The molecule has 158 valence electrons. The summed E-state index contributed by atoms with van der Waals surface area (Å²) in [6.45, 7) is 1.52. The van der Waals surface area contributed by atoms with Crippen molar-refractivity contribution < 1.29 is 9.59 Å². The minimum Gasteiger partial charge on any atom is -0.361 e. The van der Waals surface area contributed by atoms with Crippen molar-refractivity contribution in [3.05, 3.63) is 71.9 Å². The number of hydrogen-bond acceptors (Lipinski definition) is 3. The molecule has 0 aliphatic rings. The second-order valence-electron chi connectivity index (χ2n) is 7.22. The fourth-order valence-electron chi connectivity index (χ4n) is 3.32. The van der Waals surface area contributed by atoms with Gasteiger partial charge in [0.2, 0.25) is 5.91 Å². The van der Waals surface area contributed by atoms with E-state index >= 15 is 0 Å². The Hall–Kier alpha value is -3.32. The molecule has 1 atom stereocenters. The van der Waals surface area contributed by atoms with Gasteiger partial charge in [-0.1, -0.05) is 48.5 Å². The molecule has 0 saturated carbocycles. The van der Waals surface area contributed by atoms with Crippen LogP contribution >= 0.6 is 0 Å². The lowest BCUT2D eigenvalue weighted by Crippen LogP contribution is -2.51. The third-order valence-electron chi connectivity index (χ3n) is 4.95. The summed E-state index contributed by atoms with van der Waals surface area (Å²) in [5.41, 5.74) is 8.49. The number of aromatic nitrogens is 1. The number of carbonyl (C=O) groups is 2. The van der Waals surface area contributed by atoms with Crippen molar-refractivity contribution in [2.24, 2.45) is 5.73 Å². The molecule has 3 aromatic rings. The molecule has 0 spiro atoms. The van der Waals surface area contributed by atoms with E-state index in [1.165, 1.54) is 0 Å². The maximum Gasteiger partial charge on any atom is 0.315 e. The first kappa shape index (κ1) is 21.4. The molecule has 0 unspecified atom stereocenters. The highest BCUT2D eigenvalue weighted by Gasteiger charge is 2.22. The molecule has 1 heterocycles. The molecular formula is C23H29N5O2. The highest BCUT2D eigenvalue weighted by atomic mass is 16.2. The predicted molar refractivity (Wildman–Crippen MR) is 119 cm³/mol. The first-order chi connectivity index (χ1) is 14.7. The number of aromatic amines is 1. The maximum absolute atomic E-state index is 12.8. The van der Waals surface area contributed by atoms with Crippen LogP contribution in [0.3, 0.4) is 0 Å². The molecule has 1 aromatic heterocycles. The summed E-state index contributed by atoms with van der Waals surface area (Å²) in [4.78, 5) is 28.5. The second-order valence-corrected chi connectivity index (χ2v) is 7.22. The van der Waals surface area contributed by atoms with E-state index in [2.05, 4.69) is 20.9 Å². The molecule has 0 saturated heterocycles. The van der Waals surface area contributed by atoms with E-state index in [9.17, 15) is 9.59 Å². The van der Waals surface area contributed by atoms with Crippen LogP contribution in [-0.4, -0.2) is 36.1 Å². The Labute approximate surface area is 176 Å². The second kappa shape index (κ2) is 11.0. The summed E-state index contributed by atoms with van der Waals surface area (Å²) < 4.78 is 0. The van der Waals surface area contributed by atoms with Crippen LogP contribution < -0.4 is 21.7 Å². The van der Waals surface area contributed by atoms with Gasteiger partial charge in [-0.3, -0.25) is 4.79 Å². The van der Waals surface area contributed by atoms with E-state index < -0.39 is 6.04 Å². The van der Waals surface area contributed by atoms with Crippen LogP contribution in [0.2, 0.25) is 0 Å². The number of nitrogens with two attached hydrogens (primary N) is 1. The number of benzene rings is 2. The van der Waals surface area contributed by atoms with Gasteiger partial charge in [0.15, 0.2) is 0 Å². The monoisotopic (exact) mass is 407 g/mol. The van der Waals surface area contributed by atoms with Crippen molar-refractivity contribution in [1.29, 1.82) is 0 Å². The number of fused-ring (bicyclic) bond motifs is 1. The van der Waals surface area contributed by atoms with Crippen LogP contribution in [0.4, 0.5) is 4.79 Å². The number of urea groups is 1. The average molecular weight is 408 g/mol. The van der Waals surface area contributed by atoms with Crippen LogP contribution in [0.25, 0.3) is 10.9 Å². The lowest BCUT2D eigenvalue weighted by atomic mass is 10.0. The van der Waals surface area contributed by atoms with E-state index in [1.54, 1.807) is 0 Å². The molecule has 0 aliphatic carbocycles. The number of para-hydroxylation sites is 1. The maximum atomic E-state index is 12.8. The van der Waals surface area contributed by atoms with Gasteiger partial charge >= 0.3 is 6.03 Å². The Bertz CT molecular complexity index is 954. The zero-order valence-corrected chi connectivity index (χ0v) is 17.0. The highest BCUT2D eigenvalue weighted by molar-refractivity contribution is 5.89. The summed E-state index contributed by atoms with van der Waals surface area (Å²) in [5, 5.41) is 9.61. The molecule has 3 rings (SSSR count). The number of amides is 3. The Morgan fingerprint density at radius 2 is 1.73 bits per heavy atom. The molecule has 6 N–H and O–H groups in total. The third kappa shape index (κ3) is 6.09. The minimum atomic E-state index is -0.683. The van der Waals surface area contributed by atoms with Crippen molar-refractivity contribution >= 4 is 22.8 Å². The molecule has 7 heteroatoms. The van der Waals surface area contributed by atoms with Crippen molar-refractivity contribution in [3.8, 4) is 0 Å². The molecule has 30 heavy (non-hydrogen) atoms. The van der Waals surface area contributed by atoms with Crippen molar-refractivity contribution in [1.82, 2.24) is 20.9 Å². The van der Waals surface area contributed by atoms with Gasteiger partial charge in [-0.05, 0) is 36.6 Å². The van der Waals surface area contributed by atoms with Gasteiger partial charge in [-0.15, -0.1) is 0 Å². The number of hydrogen-bond donors (Lipinski definition) is 5. The van der Waals surface area contributed by atoms with Gasteiger partial charge in [-0.2, -0.15) is 0 Å². The minimum absolute atomic E-state index is 0.202. The Morgan fingerprint density at radius 1 is 0.967 bits per heavy atom. The fraction of sp³-hybridized carbons (Fsp3) is 0.304. The van der Waals surface area contributed by atoms with E-state index in [4.69, 9.17) is 5.73 Å². The quantitative estimate of drug-likeness (QED) is 0.333. The topological polar surface area (TPSA) is 112 Å². The first-order valence-corrected chi connectivity index (χ1v) is 10.3. The number of rotatable bonds is 10. The molecule has 3 amide bonds. The molecule has 2 aromatic carbocycles. The van der Waals surface area contributed by atoms with Gasteiger partial charge in [0.1, 0.15) is 6.04 Å². The molecule has 0 bridgehead atoms. The summed E-state index contributed by atoms with van der Waals surface area (Å²) in [5.74, 6) is -0.202. The lowest BCUT2D eigenvalue weighted by Gasteiger charge is -2.19. The smallest absolute Gasteiger partial charge is 0.315 e. The SMILES string of the molecule is NCCCCNC(=O)[C@H](Cc1c[nH]c2ccccc12)NC(=O)NCc1ccccc1. The van der Waals surface area contributed by atoms with Gasteiger partial charge in [-0.25, -0.2) is 4.79 Å². The lowest BCUT2D eigenvalue weighted by molar-refractivity contribution is -0.122. The van der Waals surface area contributed by atoms with Crippen LogP contribution in [0.1, 0.15) is 24.0 Å². The van der Waals surface area contributed by atoms with Crippen LogP contribution in [0.15, 0.2) is 60.8 Å². The summed E-state index contributed by atoms with van der Waals surface area (Å²) in [7, 11) is 0. The molecule has 0 aliphatic heterocycles. The van der Waals surface area contributed by atoms with Crippen molar-refractivity contribution in [2.75, 3.05) is 13.1 Å². The third-order valence-corrected chi connectivity index (χ3v) is 4.95. The zero-order chi connectivity index (χ0) is 21.2. The largest absolute Gasteiger partial charge is 0.361 e.